The maximum Gasteiger partial charge on any atom is 0.250 e. The van der Waals surface area contributed by atoms with Gasteiger partial charge in [-0.25, -0.2) is 0 Å². The van der Waals surface area contributed by atoms with Crippen LogP contribution >= 0.6 is 11.8 Å². The van der Waals surface area contributed by atoms with E-state index < -0.39 is 0 Å². The van der Waals surface area contributed by atoms with Crippen molar-refractivity contribution in [1.29, 1.82) is 0 Å². The summed E-state index contributed by atoms with van der Waals surface area (Å²) in [5, 5.41) is 10.4. The van der Waals surface area contributed by atoms with Crippen LogP contribution in [0, 0.1) is 5.92 Å². The van der Waals surface area contributed by atoms with Crippen LogP contribution in [0.4, 0.5) is 0 Å². The molecule has 1 fully saturated rings. The first-order valence-corrected chi connectivity index (χ1v) is 9.95. The van der Waals surface area contributed by atoms with Gasteiger partial charge in [-0.3, -0.25) is 9.69 Å². The molecule has 5 heteroatoms. The van der Waals surface area contributed by atoms with Crippen molar-refractivity contribution >= 4 is 11.8 Å². The van der Waals surface area contributed by atoms with Crippen molar-refractivity contribution in [3.8, 4) is 0 Å². The molecule has 0 aliphatic carbocycles. The number of likely N-dealkylation sites (tertiary alicyclic amines) is 1. The van der Waals surface area contributed by atoms with Crippen LogP contribution in [0.2, 0.25) is 0 Å². The minimum Gasteiger partial charge on any atom is -0.391 e. The van der Waals surface area contributed by atoms with Crippen LogP contribution < -0.4 is 5.56 Å². The minimum atomic E-state index is -0.331. The van der Waals surface area contributed by atoms with Gasteiger partial charge in [-0.2, -0.15) is 0 Å². The van der Waals surface area contributed by atoms with Gasteiger partial charge in [0, 0.05) is 54.5 Å². The summed E-state index contributed by atoms with van der Waals surface area (Å²) in [7, 11) is 0. The molecular formula is C20H24N2O2S. The molecule has 1 saturated heterocycles. The number of fused-ring (bicyclic) bond motifs is 4. The first-order valence-electron chi connectivity index (χ1n) is 8.97. The van der Waals surface area contributed by atoms with Crippen molar-refractivity contribution in [3.05, 3.63) is 64.6 Å². The lowest BCUT2D eigenvalue weighted by Crippen LogP contribution is -2.49. The fourth-order valence-electron chi connectivity index (χ4n) is 4.20. The lowest BCUT2D eigenvalue weighted by atomic mass is 9.83. The summed E-state index contributed by atoms with van der Waals surface area (Å²) in [4.78, 5) is 15.7. The molecule has 0 amide bonds. The van der Waals surface area contributed by atoms with Gasteiger partial charge in [0.05, 0.1) is 6.10 Å². The van der Waals surface area contributed by atoms with E-state index in [1.54, 1.807) is 17.8 Å². The van der Waals surface area contributed by atoms with E-state index in [9.17, 15) is 9.90 Å². The Hall–Kier alpha value is -1.56. The fraction of sp³-hybridized carbons (Fsp3) is 0.450. The Labute approximate surface area is 152 Å². The number of aliphatic hydroxyl groups is 1. The molecule has 2 bridgehead atoms. The number of pyridine rings is 1. The van der Waals surface area contributed by atoms with Gasteiger partial charge >= 0.3 is 0 Å². The number of benzene rings is 1. The zero-order valence-corrected chi connectivity index (χ0v) is 15.1. The number of aromatic nitrogens is 1. The molecule has 3 atom stereocenters. The highest BCUT2D eigenvalue weighted by molar-refractivity contribution is 7.99. The van der Waals surface area contributed by atoms with Crippen LogP contribution in [0.25, 0.3) is 0 Å². The van der Waals surface area contributed by atoms with Gasteiger partial charge in [0.2, 0.25) is 0 Å². The Bertz CT molecular complexity index is 777. The van der Waals surface area contributed by atoms with E-state index in [0.717, 1.165) is 26.1 Å². The van der Waals surface area contributed by atoms with Crippen molar-refractivity contribution in [2.24, 2.45) is 5.92 Å². The third kappa shape index (κ3) is 3.84. The van der Waals surface area contributed by atoms with Crippen LogP contribution in [-0.2, 0) is 6.54 Å². The molecule has 132 valence electrons. The highest BCUT2D eigenvalue weighted by Gasteiger charge is 2.34. The average molecular weight is 356 g/mol. The zero-order valence-electron chi connectivity index (χ0n) is 14.3. The number of aliphatic hydroxyl groups excluding tert-OH is 1. The molecule has 0 spiro atoms. The van der Waals surface area contributed by atoms with Crippen molar-refractivity contribution in [2.45, 2.75) is 29.9 Å². The molecule has 3 heterocycles. The molecule has 1 aromatic heterocycles. The molecule has 2 aromatic rings. The van der Waals surface area contributed by atoms with E-state index in [1.807, 2.05) is 28.8 Å². The monoisotopic (exact) mass is 356 g/mol. The van der Waals surface area contributed by atoms with Crippen molar-refractivity contribution in [3.63, 3.8) is 0 Å². The highest BCUT2D eigenvalue weighted by atomic mass is 32.2. The summed E-state index contributed by atoms with van der Waals surface area (Å²) in [6.45, 7) is 3.44. The van der Waals surface area contributed by atoms with E-state index in [4.69, 9.17) is 0 Å². The predicted octanol–water partition coefficient (Wildman–Crippen LogP) is 2.42. The van der Waals surface area contributed by atoms with Gasteiger partial charge in [-0.05, 0) is 30.5 Å². The first kappa shape index (κ1) is 16.9. The number of hydrogen-bond donors (Lipinski definition) is 1. The quantitative estimate of drug-likeness (QED) is 0.836. The number of β-amino-alcohol motifs (C(OH)–C–C–N with tert-alkyl or cyclic N) is 1. The van der Waals surface area contributed by atoms with Gasteiger partial charge < -0.3 is 9.67 Å². The second kappa shape index (κ2) is 7.36. The van der Waals surface area contributed by atoms with Gasteiger partial charge in [0.15, 0.2) is 0 Å². The molecule has 1 N–H and O–H groups in total. The highest BCUT2D eigenvalue weighted by Crippen LogP contribution is 2.35. The van der Waals surface area contributed by atoms with E-state index in [1.165, 1.54) is 10.6 Å². The maximum absolute atomic E-state index is 12.1. The Balaban J connectivity index is 1.36. The van der Waals surface area contributed by atoms with Crippen LogP contribution in [0.5, 0.6) is 0 Å². The maximum atomic E-state index is 12.1. The molecule has 2 aliphatic heterocycles. The van der Waals surface area contributed by atoms with E-state index >= 15 is 0 Å². The van der Waals surface area contributed by atoms with Crippen LogP contribution in [0.3, 0.4) is 0 Å². The average Bonchev–Trinajstić information content (AvgIpc) is 2.62. The Morgan fingerprint density at radius 3 is 2.76 bits per heavy atom. The van der Waals surface area contributed by atoms with E-state index in [2.05, 4.69) is 23.1 Å². The summed E-state index contributed by atoms with van der Waals surface area (Å²) in [5.74, 6) is 1.64. The first-order chi connectivity index (χ1) is 12.2. The largest absolute Gasteiger partial charge is 0.391 e. The molecule has 4 nitrogen and oxygen atoms in total. The molecule has 25 heavy (non-hydrogen) atoms. The Morgan fingerprint density at radius 2 is 1.92 bits per heavy atom. The molecule has 0 saturated carbocycles. The fourth-order valence-corrected chi connectivity index (χ4v) is 5.04. The summed E-state index contributed by atoms with van der Waals surface area (Å²) >= 11 is 1.71. The van der Waals surface area contributed by atoms with Gasteiger partial charge in [-0.15, -0.1) is 11.8 Å². The van der Waals surface area contributed by atoms with Crippen LogP contribution in [0.1, 0.15) is 18.0 Å². The standard InChI is InChI=1S/C20H24N2O2S/c23-17(14-25-18-5-2-1-3-6-18)13-21-10-15-9-16(12-21)19-7-4-8-20(24)22(19)11-15/h1-8,15-17,23H,9-14H2. The number of rotatable bonds is 5. The second-order valence-electron chi connectivity index (χ2n) is 7.19. The van der Waals surface area contributed by atoms with Gasteiger partial charge in [0.25, 0.3) is 5.56 Å². The number of hydrogen-bond acceptors (Lipinski definition) is 4. The molecule has 1 aromatic carbocycles. The topological polar surface area (TPSA) is 45.5 Å². The SMILES string of the molecule is O=c1cccc2n1CC1CC2CN(CC(O)CSc2ccccc2)C1. The van der Waals surface area contributed by atoms with Crippen molar-refractivity contribution in [2.75, 3.05) is 25.4 Å². The molecule has 4 rings (SSSR count). The third-order valence-corrected chi connectivity index (χ3v) is 6.37. The third-order valence-electron chi connectivity index (χ3n) is 5.21. The Morgan fingerprint density at radius 1 is 1.08 bits per heavy atom. The number of piperidine rings is 1. The summed E-state index contributed by atoms with van der Waals surface area (Å²) < 4.78 is 1.96. The zero-order chi connectivity index (χ0) is 17.2. The molecular weight excluding hydrogens is 332 g/mol. The van der Waals surface area contributed by atoms with Crippen LogP contribution in [0.15, 0.2) is 58.2 Å². The van der Waals surface area contributed by atoms with Crippen LogP contribution in [-0.4, -0.2) is 46.1 Å². The minimum absolute atomic E-state index is 0.125. The van der Waals surface area contributed by atoms with Gasteiger partial charge in [-0.1, -0.05) is 24.3 Å². The Kier molecular flexibility index (Phi) is 4.97. The summed E-state index contributed by atoms with van der Waals surface area (Å²) in [6, 6.07) is 15.9. The molecule has 3 unspecified atom stereocenters. The lowest BCUT2D eigenvalue weighted by Gasteiger charge is -2.43. The normalized spacial score (nSPS) is 23.9. The van der Waals surface area contributed by atoms with Crippen molar-refractivity contribution < 1.29 is 5.11 Å². The molecule has 0 radical (unpaired) electrons. The lowest BCUT2D eigenvalue weighted by molar-refractivity contribution is 0.0717. The van der Waals surface area contributed by atoms with E-state index in [-0.39, 0.29) is 11.7 Å². The number of nitrogens with zero attached hydrogens (tertiary/aromatic N) is 2. The van der Waals surface area contributed by atoms with E-state index in [0.29, 0.717) is 24.1 Å². The predicted molar refractivity (Wildman–Crippen MR) is 101 cm³/mol. The van der Waals surface area contributed by atoms with Gasteiger partial charge in [0.1, 0.15) is 0 Å². The summed E-state index contributed by atoms with van der Waals surface area (Å²) in [5.41, 5.74) is 1.29. The molecule has 2 aliphatic rings. The second-order valence-corrected chi connectivity index (χ2v) is 8.29. The van der Waals surface area contributed by atoms with Crippen molar-refractivity contribution in [1.82, 2.24) is 9.47 Å². The smallest absolute Gasteiger partial charge is 0.250 e. The number of thioether (sulfide) groups is 1. The summed E-state index contributed by atoms with van der Waals surface area (Å²) in [6.07, 6.45) is 0.830.